The lowest BCUT2D eigenvalue weighted by Crippen LogP contribution is -2.52. The maximum Gasteiger partial charge on any atom is 0.243 e. The Bertz CT molecular complexity index is 792. The molecule has 3 rings (SSSR count). The van der Waals surface area contributed by atoms with Crippen molar-refractivity contribution in [2.45, 2.75) is 47.9 Å². The average molecular weight is 388 g/mol. The molecule has 0 aromatic heterocycles. The third kappa shape index (κ3) is 4.22. The highest BCUT2D eigenvalue weighted by atomic mass is 32.2. The molecule has 0 spiro atoms. The van der Waals surface area contributed by atoms with Crippen LogP contribution >= 0.6 is 0 Å². The summed E-state index contributed by atoms with van der Waals surface area (Å²) in [6, 6.07) is 5.68. The second kappa shape index (κ2) is 7.32. The summed E-state index contributed by atoms with van der Waals surface area (Å²) in [6.45, 7) is 2.43. The number of primary sulfonamides is 1. The molecule has 0 unspecified atom stereocenters. The summed E-state index contributed by atoms with van der Waals surface area (Å²) in [4.78, 5) is 2.43. The van der Waals surface area contributed by atoms with E-state index in [1.54, 1.807) is 0 Å². The molecule has 1 heterocycles. The molecule has 140 valence electrons. The van der Waals surface area contributed by atoms with Crippen LogP contribution < -0.4 is 5.14 Å². The molecule has 1 saturated carbocycles. The molecule has 2 aliphatic rings. The Morgan fingerprint density at radius 2 is 1.32 bits per heavy atom. The minimum Gasteiger partial charge on any atom is -0.298 e. The molecule has 2 fully saturated rings. The number of nitrogens with two attached hydrogens (primary N) is 1. The number of benzene rings is 1. The van der Waals surface area contributed by atoms with Crippen molar-refractivity contribution >= 4 is 20.0 Å². The number of nitrogens with zero attached hydrogens (tertiary/aromatic N) is 2. The van der Waals surface area contributed by atoms with Gasteiger partial charge in [-0.25, -0.2) is 22.0 Å². The molecular formula is C16H25N3O4S2. The smallest absolute Gasteiger partial charge is 0.243 e. The molecule has 1 aliphatic carbocycles. The Kier molecular flexibility index (Phi) is 5.50. The third-order valence-corrected chi connectivity index (χ3v) is 8.00. The molecule has 0 atom stereocenters. The van der Waals surface area contributed by atoms with E-state index in [0.29, 0.717) is 19.1 Å². The Labute approximate surface area is 149 Å². The lowest BCUT2D eigenvalue weighted by Gasteiger charge is -2.40. The fourth-order valence-electron chi connectivity index (χ4n) is 3.71. The van der Waals surface area contributed by atoms with Gasteiger partial charge in [-0.05, 0) is 37.1 Å². The first-order chi connectivity index (χ1) is 11.8. The first-order valence-corrected chi connectivity index (χ1v) is 11.6. The second-order valence-electron chi connectivity index (χ2n) is 6.75. The molecule has 1 aromatic carbocycles. The third-order valence-electron chi connectivity index (χ3n) is 5.15. The molecule has 25 heavy (non-hydrogen) atoms. The number of sulfonamides is 2. The molecule has 7 nitrogen and oxygen atoms in total. The minimum atomic E-state index is -3.82. The normalized spacial score (nSPS) is 22.1. The van der Waals surface area contributed by atoms with E-state index in [1.165, 1.54) is 60.7 Å². The molecule has 0 radical (unpaired) electrons. The molecule has 9 heteroatoms. The van der Waals surface area contributed by atoms with Gasteiger partial charge in [0.2, 0.25) is 20.0 Å². The number of rotatable bonds is 4. The largest absolute Gasteiger partial charge is 0.298 e. The van der Waals surface area contributed by atoms with Crippen molar-refractivity contribution in [2.75, 3.05) is 26.2 Å². The van der Waals surface area contributed by atoms with Crippen molar-refractivity contribution in [3.63, 3.8) is 0 Å². The van der Waals surface area contributed by atoms with Gasteiger partial charge < -0.3 is 0 Å². The van der Waals surface area contributed by atoms with Gasteiger partial charge in [-0.15, -0.1) is 0 Å². The van der Waals surface area contributed by atoms with Crippen LogP contribution in [0.1, 0.15) is 32.1 Å². The van der Waals surface area contributed by atoms with Crippen LogP contribution in [0, 0.1) is 0 Å². The maximum absolute atomic E-state index is 12.8. The standard InChI is InChI=1S/C16H25N3O4S2/c17-24(20,21)15-6-8-16(9-7-15)25(22,23)19-12-10-18(11-13-19)14-4-2-1-3-5-14/h6-9,14H,1-5,10-13H2,(H2,17,20,21). The van der Waals surface area contributed by atoms with Crippen LogP contribution in [0.2, 0.25) is 0 Å². The summed E-state index contributed by atoms with van der Waals surface area (Å²) in [6.07, 6.45) is 6.25. The zero-order valence-electron chi connectivity index (χ0n) is 14.2. The maximum atomic E-state index is 12.8. The highest BCUT2D eigenvalue weighted by Crippen LogP contribution is 2.25. The van der Waals surface area contributed by atoms with E-state index in [0.717, 1.165) is 13.1 Å². The number of hydrogen-bond acceptors (Lipinski definition) is 5. The summed E-state index contributed by atoms with van der Waals surface area (Å²) in [7, 11) is -7.43. The Balaban J connectivity index is 1.67. The summed E-state index contributed by atoms with van der Waals surface area (Å²) in [5.74, 6) is 0. The van der Waals surface area contributed by atoms with Crippen molar-refractivity contribution < 1.29 is 16.8 Å². The van der Waals surface area contributed by atoms with E-state index in [-0.39, 0.29) is 9.79 Å². The predicted octanol–water partition coefficient (Wildman–Crippen LogP) is 0.973. The van der Waals surface area contributed by atoms with Crippen LogP contribution in [0.3, 0.4) is 0 Å². The van der Waals surface area contributed by atoms with Crippen molar-refractivity contribution in [3.8, 4) is 0 Å². The van der Waals surface area contributed by atoms with Gasteiger partial charge >= 0.3 is 0 Å². The second-order valence-corrected chi connectivity index (χ2v) is 10.2. The van der Waals surface area contributed by atoms with Gasteiger partial charge in [0.15, 0.2) is 0 Å². The molecule has 1 saturated heterocycles. The summed E-state index contributed by atoms with van der Waals surface area (Å²) >= 11 is 0. The minimum absolute atomic E-state index is 0.0893. The Morgan fingerprint density at radius 3 is 1.84 bits per heavy atom. The van der Waals surface area contributed by atoms with Gasteiger partial charge in [-0.1, -0.05) is 19.3 Å². The number of piperazine rings is 1. The van der Waals surface area contributed by atoms with Gasteiger partial charge in [0, 0.05) is 32.2 Å². The molecular weight excluding hydrogens is 362 g/mol. The van der Waals surface area contributed by atoms with E-state index in [1.807, 2.05) is 0 Å². The van der Waals surface area contributed by atoms with E-state index in [4.69, 9.17) is 5.14 Å². The van der Waals surface area contributed by atoms with Gasteiger partial charge in [0.05, 0.1) is 9.79 Å². The summed E-state index contributed by atoms with van der Waals surface area (Å²) in [5, 5.41) is 5.05. The fraction of sp³-hybridized carbons (Fsp3) is 0.625. The number of hydrogen-bond donors (Lipinski definition) is 1. The van der Waals surface area contributed by atoms with E-state index in [2.05, 4.69) is 4.90 Å². The van der Waals surface area contributed by atoms with Gasteiger partial charge in [-0.2, -0.15) is 4.31 Å². The lowest BCUT2D eigenvalue weighted by molar-refractivity contribution is 0.111. The molecule has 0 amide bonds. The van der Waals surface area contributed by atoms with E-state index in [9.17, 15) is 16.8 Å². The Morgan fingerprint density at radius 1 is 0.800 bits per heavy atom. The molecule has 1 aliphatic heterocycles. The fourth-order valence-corrected chi connectivity index (χ4v) is 5.64. The van der Waals surface area contributed by atoms with E-state index >= 15 is 0 Å². The predicted molar refractivity (Wildman–Crippen MR) is 95.0 cm³/mol. The highest BCUT2D eigenvalue weighted by molar-refractivity contribution is 7.89. The van der Waals surface area contributed by atoms with Crippen LogP contribution in [0.25, 0.3) is 0 Å². The molecule has 0 bridgehead atoms. The lowest BCUT2D eigenvalue weighted by atomic mass is 9.94. The van der Waals surface area contributed by atoms with Crippen molar-refractivity contribution in [2.24, 2.45) is 5.14 Å². The van der Waals surface area contributed by atoms with Crippen LogP contribution in [-0.2, 0) is 20.0 Å². The van der Waals surface area contributed by atoms with Crippen LogP contribution in [0.5, 0.6) is 0 Å². The van der Waals surface area contributed by atoms with Gasteiger partial charge in [0.1, 0.15) is 0 Å². The highest BCUT2D eigenvalue weighted by Gasteiger charge is 2.31. The van der Waals surface area contributed by atoms with Gasteiger partial charge in [-0.3, -0.25) is 4.90 Å². The van der Waals surface area contributed by atoms with Crippen LogP contribution in [0.4, 0.5) is 0 Å². The van der Waals surface area contributed by atoms with Crippen molar-refractivity contribution in [1.82, 2.24) is 9.21 Å². The Hall–Kier alpha value is -1.00. The summed E-state index contributed by atoms with van der Waals surface area (Å²) in [5.41, 5.74) is 0. The van der Waals surface area contributed by atoms with E-state index < -0.39 is 20.0 Å². The molecule has 2 N–H and O–H groups in total. The monoisotopic (exact) mass is 387 g/mol. The SMILES string of the molecule is NS(=O)(=O)c1ccc(S(=O)(=O)N2CCN(C3CCCCC3)CC2)cc1. The van der Waals surface area contributed by atoms with Crippen molar-refractivity contribution in [3.05, 3.63) is 24.3 Å². The zero-order chi connectivity index (χ0) is 18.1. The van der Waals surface area contributed by atoms with Crippen LogP contribution in [0.15, 0.2) is 34.1 Å². The first-order valence-electron chi connectivity index (χ1n) is 8.65. The summed E-state index contributed by atoms with van der Waals surface area (Å²) < 4.78 is 49.6. The average Bonchev–Trinajstić information content (AvgIpc) is 2.62. The quantitative estimate of drug-likeness (QED) is 0.830. The first kappa shape index (κ1) is 18.8. The van der Waals surface area contributed by atoms with Crippen LogP contribution in [-0.4, -0.2) is 58.3 Å². The topological polar surface area (TPSA) is 101 Å². The van der Waals surface area contributed by atoms with Gasteiger partial charge in [0.25, 0.3) is 0 Å². The zero-order valence-corrected chi connectivity index (χ0v) is 15.8. The van der Waals surface area contributed by atoms with Crippen molar-refractivity contribution in [1.29, 1.82) is 0 Å². The molecule has 1 aromatic rings.